The number of nitrogens with one attached hydrogen (secondary N) is 1. The summed E-state index contributed by atoms with van der Waals surface area (Å²) in [5, 5.41) is 3.33. The zero-order chi connectivity index (χ0) is 15.3. The van der Waals surface area contributed by atoms with Gasteiger partial charge in [-0.2, -0.15) is 0 Å². The largest absolute Gasteiger partial charge is 0.494 e. The Kier molecular flexibility index (Phi) is 5.96. The molecule has 0 aliphatic rings. The van der Waals surface area contributed by atoms with Crippen molar-refractivity contribution in [2.75, 3.05) is 20.8 Å². The van der Waals surface area contributed by atoms with Crippen LogP contribution in [-0.4, -0.2) is 26.9 Å². The molecule has 1 aromatic rings. The Morgan fingerprint density at radius 2 is 1.90 bits per heavy atom. The number of hydrogen-bond donors (Lipinski definition) is 1. The Bertz CT molecular complexity index is 429. The number of rotatable bonds is 6. The lowest BCUT2D eigenvalue weighted by Crippen LogP contribution is -2.41. The second-order valence-electron chi connectivity index (χ2n) is 5.92. The van der Waals surface area contributed by atoms with Crippen LogP contribution in [0.5, 0.6) is 5.75 Å². The first-order valence-corrected chi connectivity index (χ1v) is 6.95. The highest BCUT2D eigenvalue weighted by molar-refractivity contribution is 5.34. The monoisotopic (exact) mass is 283 g/mol. The molecule has 1 rings (SSSR count). The van der Waals surface area contributed by atoms with Crippen molar-refractivity contribution in [3.05, 3.63) is 29.6 Å². The van der Waals surface area contributed by atoms with Crippen molar-refractivity contribution in [3.8, 4) is 5.75 Å². The molecule has 1 aromatic carbocycles. The van der Waals surface area contributed by atoms with Crippen LogP contribution in [0.25, 0.3) is 0 Å². The van der Waals surface area contributed by atoms with E-state index in [2.05, 4.69) is 26.1 Å². The second-order valence-corrected chi connectivity index (χ2v) is 5.92. The summed E-state index contributed by atoms with van der Waals surface area (Å²) in [6.07, 6.45) is -0.149. The number of benzene rings is 1. The van der Waals surface area contributed by atoms with E-state index in [9.17, 15) is 4.39 Å². The number of ether oxygens (including phenoxy) is 2. The van der Waals surface area contributed by atoms with E-state index in [1.165, 1.54) is 7.11 Å². The van der Waals surface area contributed by atoms with E-state index in [0.717, 1.165) is 6.54 Å². The smallest absolute Gasteiger partial charge is 0.169 e. The molecule has 0 radical (unpaired) electrons. The van der Waals surface area contributed by atoms with Gasteiger partial charge in [-0.25, -0.2) is 4.39 Å². The maximum absolute atomic E-state index is 14.5. The number of methoxy groups -OCH3 is 2. The third-order valence-electron chi connectivity index (χ3n) is 3.38. The van der Waals surface area contributed by atoms with Crippen LogP contribution < -0.4 is 10.1 Å². The van der Waals surface area contributed by atoms with Crippen LogP contribution in [0.15, 0.2) is 18.2 Å². The van der Waals surface area contributed by atoms with E-state index in [1.807, 2.05) is 6.92 Å². The van der Waals surface area contributed by atoms with Gasteiger partial charge in [0.25, 0.3) is 0 Å². The van der Waals surface area contributed by atoms with Crippen LogP contribution in [0.3, 0.4) is 0 Å². The maximum atomic E-state index is 14.5. The van der Waals surface area contributed by atoms with Crippen molar-refractivity contribution in [2.24, 2.45) is 5.41 Å². The molecule has 0 spiro atoms. The van der Waals surface area contributed by atoms with Gasteiger partial charge >= 0.3 is 0 Å². The molecule has 0 amide bonds. The molecule has 0 aliphatic carbocycles. The van der Waals surface area contributed by atoms with Crippen LogP contribution in [-0.2, 0) is 4.74 Å². The first kappa shape index (κ1) is 16.9. The fraction of sp³-hybridized carbons (Fsp3) is 0.625. The highest BCUT2D eigenvalue weighted by Gasteiger charge is 2.34. The van der Waals surface area contributed by atoms with Crippen molar-refractivity contribution in [3.63, 3.8) is 0 Å². The van der Waals surface area contributed by atoms with Crippen molar-refractivity contribution >= 4 is 0 Å². The van der Waals surface area contributed by atoms with E-state index in [4.69, 9.17) is 9.47 Å². The van der Waals surface area contributed by atoms with Crippen molar-refractivity contribution in [1.29, 1.82) is 0 Å². The number of hydrogen-bond acceptors (Lipinski definition) is 3. The highest BCUT2D eigenvalue weighted by atomic mass is 19.1. The van der Waals surface area contributed by atoms with Crippen molar-refractivity contribution < 1.29 is 13.9 Å². The minimum absolute atomic E-state index is 0.114. The molecule has 0 aromatic heterocycles. The first-order chi connectivity index (χ1) is 9.36. The number of halogens is 1. The van der Waals surface area contributed by atoms with Crippen LogP contribution in [0.4, 0.5) is 4.39 Å². The maximum Gasteiger partial charge on any atom is 0.169 e. The van der Waals surface area contributed by atoms with Gasteiger partial charge in [-0.1, -0.05) is 39.8 Å². The third kappa shape index (κ3) is 3.70. The molecule has 4 heteroatoms. The molecular formula is C16H26FNO2. The molecule has 0 bridgehead atoms. The molecule has 0 saturated heterocycles. The Labute approximate surface area is 121 Å². The summed E-state index contributed by atoms with van der Waals surface area (Å²) in [4.78, 5) is 0. The van der Waals surface area contributed by atoms with Gasteiger partial charge in [0.15, 0.2) is 11.6 Å². The van der Waals surface area contributed by atoms with Crippen molar-refractivity contribution in [2.45, 2.75) is 39.8 Å². The molecule has 20 heavy (non-hydrogen) atoms. The molecule has 0 fully saturated rings. The number of likely N-dealkylation sites (N-methyl/N-ethyl adjacent to an activating group) is 1. The van der Waals surface area contributed by atoms with Gasteiger partial charge in [-0.3, -0.25) is 0 Å². The average Bonchev–Trinajstić information content (AvgIpc) is 2.37. The lowest BCUT2D eigenvalue weighted by Gasteiger charge is -2.36. The molecule has 3 nitrogen and oxygen atoms in total. The van der Waals surface area contributed by atoms with Gasteiger partial charge in [-0.05, 0) is 18.0 Å². The summed E-state index contributed by atoms with van der Waals surface area (Å²) in [5.74, 6) is -0.0681. The van der Waals surface area contributed by atoms with E-state index < -0.39 is 0 Å². The van der Waals surface area contributed by atoms with Gasteiger partial charge in [-0.15, -0.1) is 0 Å². The molecular weight excluding hydrogens is 257 g/mol. The minimum Gasteiger partial charge on any atom is -0.494 e. The summed E-state index contributed by atoms with van der Waals surface area (Å²) < 4.78 is 25.2. The Balaban J connectivity index is 3.26. The first-order valence-electron chi connectivity index (χ1n) is 6.95. The predicted molar refractivity (Wildman–Crippen MR) is 79.6 cm³/mol. The molecule has 1 N–H and O–H groups in total. The molecule has 0 saturated carbocycles. The van der Waals surface area contributed by atoms with E-state index in [-0.39, 0.29) is 29.1 Å². The standard InChI is InChI=1S/C16H26FNO2/c1-7-18-14(15(20-6)16(2,3)4)11-9-8-10-12(19-5)13(11)17/h8-10,14-15,18H,7H2,1-6H3. The van der Waals surface area contributed by atoms with Crippen LogP contribution in [0.2, 0.25) is 0 Å². The summed E-state index contributed by atoms with van der Waals surface area (Å²) in [5.41, 5.74) is 0.463. The summed E-state index contributed by atoms with van der Waals surface area (Å²) >= 11 is 0. The van der Waals surface area contributed by atoms with Gasteiger partial charge in [0.2, 0.25) is 0 Å². The lowest BCUT2D eigenvalue weighted by atomic mass is 9.81. The van der Waals surface area contributed by atoms with Gasteiger partial charge in [0.1, 0.15) is 0 Å². The Hall–Kier alpha value is -1.13. The quantitative estimate of drug-likeness (QED) is 0.866. The molecule has 0 aliphatic heterocycles. The summed E-state index contributed by atoms with van der Waals surface area (Å²) in [7, 11) is 3.14. The van der Waals surface area contributed by atoms with Crippen LogP contribution in [0.1, 0.15) is 39.3 Å². The van der Waals surface area contributed by atoms with E-state index in [0.29, 0.717) is 5.56 Å². The lowest BCUT2D eigenvalue weighted by molar-refractivity contribution is -0.0124. The average molecular weight is 283 g/mol. The SMILES string of the molecule is CCNC(c1cccc(OC)c1F)C(OC)C(C)(C)C. The van der Waals surface area contributed by atoms with Crippen molar-refractivity contribution in [1.82, 2.24) is 5.32 Å². The molecule has 2 atom stereocenters. The molecule has 0 heterocycles. The zero-order valence-corrected chi connectivity index (χ0v) is 13.3. The minimum atomic E-state index is -0.327. The Morgan fingerprint density at radius 1 is 1.25 bits per heavy atom. The summed E-state index contributed by atoms with van der Waals surface area (Å²) in [6.45, 7) is 8.99. The van der Waals surface area contributed by atoms with Crippen LogP contribution >= 0.6 is 0 Å². The topological polar surface area (TPSA) is 30.5 Å². The predicted octanol–water partition coefficient (Wildman–Crippen LogP) is 3.55. The van der Waals surface area contributed by atoms with Gasteiger partial charge in [0, 0.05) is 12.7 Å². The molecule has 114 valence electrons. The fourth-order valence-corrected chi connectivity index (χ4v) is 2.52. The van der Waals surface area contributed by atoms with E-state index >= 15 is 0 Å². The zero-order valence-electron chi connectivity index (χ0n) is 13.3. The normalized spacial score (nSPS) is 14.9. The van der Waals surface area contributed by atoms with E-state index in [1.54, 1.807) is 25.3 Å². The van der Waals surface area contributed by atoms with Crippen LogP contribution in [0, 0.1) is 11.2 Å². The second kappa shape index (κ2) is 7.04. The third-order valence-corrected chi connectivity index (χ3v) is 3.38. The fourth-order valence-electron chi connectivity index (χ4n) is 2.52. The summed E-state index contributed by atoms with van der Waals surface area (Å²) in [6, 6.07) is 4.99. The Morgan fingerprint density at radius 3 is 2.35 bits per heavy atom. The molecule has 2 unspecified atom stereocenters. The highest BCUT2D eigenvalue weighted by Crippen LogP contribution is 2.35. The van der Waals surface area contributed by atoms with Gasteiger partial charge in [0.05, 0.1) is 19.3 Å². The van der Waals surface area contributed by atoms with Gasteiger partial charge < -0.3 is 14.8 Å².